The fraction of sp³-hybridized carbons (Fsp3) is 0.950. The van der Waals surface area contributed by atoms with Crippen molar-refractivity contribution in [1.82, 2.24) is 10.2 Å². The molecule has 0 spiro atoms. The van der Waals surface area contributed by atoms with Gasteiger partial charge in [-0.15, -0.1) is 0 Å². The Labute approximate surface area is 150 Å². The standard InChI is InChI=1S/C20H42N2O2/c1-4-5-6-7-8-9-12-15-20(23)24-19-14-11-10-13-16-21-17-18-22(2)3/h21H,4-19H2,1-3H3. The van der Waals surface area contributed by atoms with Crippen LogP contribution in [0.2, 0.25) is 0 Å². The quantitative estimate of drug-likeness (QED) is 0.296. The summed E-state index contributed by atoms with van der Waals surface area (Å²) in [6.07, 6.45) is 13.9. The minimum Gasteiger partial charge on any atom is -0.466 e. The van der Waals surface area contributed by atoms with Gasteiger partial charge in [0.05, 0.1) is 6.61 Å². The molecule has 4 nitrogen and oxygen atoms in total. The fourth-order valence-electron chi connectivity index (χ4n) is 2.62. The van der Waals surface area contributed by atoms with E-state index in [1.807, 2.05) is 0 Å². The molecular weight excluding hydrogens is 300 g/mol. The van der Waals surface area contributed by atoms with E-state index in [4.69, 9.17) is 4.74 Å². The summed E-state index contributed by atoms with van der Waals surface area (Å²) < 4.78 is 5.30. The lowest BCUT2D eigenvalue weighted by Crippen LogP contribution is -2.27. The number of esters is 1. The number of rotatable bonds is 18. The average molecular weight is 343 g/mol. The van der Waals surface area contributed by atoms with Crippen LogP contribution in [0.25, 0.3) is 0 Å². The molecule has 0 radical (unpaired) electrons. The molecule has 0 unspecified atom stereocenters. The summed E-state index contributed by atoms with van der Waals surface area (Å²) in [5.74, 6) is -0.00564. The van der Waals surface area contributed by atoms with Crippen LogP contribution in [-0.4, -0.2) is 51.2 Å². The zero-order valence-corrected chi connectivity index (χ0v) is 16.6. The Balaban J connectivity index is 3.15. The summed E-state index contributed by atoms with van der Waals surface area (Å²) in [7, 11) is 4.19. The SMILES string of the molecule is CCCCCCCCCC(=O)OCCCCCCNCCN(C)C. The number of hydrogen-bond donors (Lipinski definition) is 1. The van der Waals surface area contributed by atoms with E-state index in [0.717, 1.165) is 38.9 Å². The topological polar surface area (TPSA) is 41.6 Å². The van der Waals surface area contributed by atoms with Crippen molar-refractivity contribution in [3.63, 3.8) is 0 Å². The average Bonchev–Trinajstić information content (AvgIpc) is 2.55. The number of carbonyl (C=O) groups is 1. The first-order valence-corrected chi connectivity index (χ1v) is 10.2. The summed E-state index contributed by atoms with van der Waals surface area (Å²) in [5, 5.41) is 3.44. The second-order valence-electron chi connectivity index (χ2n) is 7.06. The highest BCUT2D eigenvalue weighted by Gasteiger charge is 2.02. The Hall–Kier alpha value is -0.610. The molecule has 144 valence electrons. The van der Waals surface area contributed by atoms with E-state index in [0.29, 0.717) is 13.0 Å². The maximum atomic E-state index is 11.6. The second kappa shape index (κ2) is 18.7. The van der Waals surface area contributed by atoms with Crippen LogP contribution in [0.4, 0.5) is 0 Å². The number of unbranched alkanes of at least 4 members (excludes halogenated alkanes) is 9. The van der Waals surface area contributed by atoms with Gasteiger partial charge in [0.15, 0.2) is 0 Å². The lowest BCUT2D eigenvalue weighted by molar-refractivity contribution is -0.143. The van der Waals surface area contributed by atoms with Crippen LogP contribution in [0, 0.1) is 0 Å². The molecule has 0 atom stereocenters. The maximum Gasteiger partial charge on any atom is 0.305 e. The van der Waals surface area contributed by atoms with Crippen LogP contribution in [0.1, 0.15) is 84.0 Å². The minimum absolute atomic E-state index is 0.00564. The summed E-state index contributed by atoms with van der Waals surface area (Å²) in [6, 6.07) is 0. The molecule has 0 aliphatic rings. The summed E-state index contributed by atoms with van der Waals surface area (Å²) in [4.78, 5) is 13.8. The van der Waals surface area contributed by atoms with E-state index >= 15 is 0 Å². The lowest BCUT2D eigenvalue weighted by Gasteiger charge is -2.10. The molecule has 0 aromatic rings. The van der Waals surface area contributed by atoms with Gasteiger partial charge in [0.2, 0.25) is 0 Å². The zero-order valence-electron chi connectivity index (χ0n) is 16.6. The summed E-state index contributed by atoms with van der Waals surface area (Å²) in [6.45, 7) is 6.08. The molecular formula is C20H42N2O2. The van der Waals surface area contributed by atoms with Crippen LogP contribution in [0.5, 0.6) is 0 Å². The van der Waals surface area contributed by atoms with Crippen LogP contribution >= 0.6 is 0 Å². The number of hydrogen-bond acceptors (Lipinski definition) is 4. The Bertz CT molecular complexity index is 270. The molecule has 1 N–H and O–H groups in total. The van der Waals surface area contributed by atoms with E-state index in [-0.39, 0.29) is 5.97 Å². The van der Waals surface area contributed by atoms with Crippen molar-refractivity contribution < 1.29 is 9.53 Å². The van der Waals surface area contributed by atoms with Gasteiger partial charge in [-0.2, -0.15) is 0 Å². The van der Waals surface area contributed by atoms with E-state index in [1.54, 1.807) is 0 Å². The van der Waals surface area contributed by atoms with Gasteiger partial charge in [-0.3, -0.25) is 4.79 Å². The van der Waals surface area contributed by atoms with E-state index in [2.05, 4.69) is 31.2 Å². The van der Waals surface area contributed by atoms with Crippen molar-refractivity contribution in [2.75, 3.05) is 40.3 Å². The van der Waals surface area contributed by atoms with Gasteiger partial charge in [0, 0.05) is 19.5 Å². The monoisotopic (exact) mass is 342 g/mol. The summed E-state index contributed by atoms with van der Waals surface area (Å²) >= 11 is 0. The lowest BCUT2D eigenvalue weighted by atomic mass is 10.1. The summed E-state index contributed by atoms with van der Waals surface area (Å²) in [5.41, 5.74) is 0. The first-order valence-electron chi connectivity index (χ1n) is 10.2. The number of nitrogens with one attached hydrogen (secondary N) is 1. The Morgan fingerprint density at radius 3 is 2.17 bits per heavy atom. The molecule has 0 aromatic heterocycles. The number of nitrogens with zero attached hydrogens (tertiary/aromatic N) is 1. The highest BCUT2D eigenvalue weighted by atomic mass is 16.5. The van der Waals surface area contributed by atoms with Crippen molar-refractivity contribution in [3.05, 3.63) is 0 Å². The van der Waals surface area contributed by atoms with Crippen LogP contribution in [0.15, 0.2) is 0 Å². The molecule has 24 heavy (non-hydrogen) atoms. The first-order chi connectivity index (χ1) is 11.7. The number of likely N-dealkylation sites (N-methyl/N-ethyl adjacent to an activating group) is 1. The molecule has 0 fully saturated rings. The number of carbonyl (C=O) groups excluding carboxylic acids is 1. The van der Waals surface area contributed by atoms with E-state index < -0.39 is 0 Å². The van der Waals surface area contributed by atoms with Crippen molar-refractivity contribution >= 4 is 5.97 Å². The van der Waals surface area contributed by atoms with E-state index in [1.165, 1.54) is 51.4 Å². The van der Waals surface area contributed by atoms with Gasteiger partial charge in [0.25, 0.3) is 0 Å². The molecule has 0 aliphatic carbocycles. The van der Waals surface area contributed by atoms with Crippen LogP contribution < -0.4 is 5.32 Å². The van der Waals surface area contributed by atoms with Gasteiger partial charge in [-0.05, 0) is 39.9 Å². The third-order valence-corrected chi connectivity index (χ3v) is 4.23. The Morgan fingerprint density at radius 2 is 1.46 bits per heavy atom. The predicted octanol–water partition coefficient (Wildman–Crippen LogP) is 4.38. The molecule has 4 heteroatoms. The fourth-order valence-corrected chi connectivity index (χ4v) is 2.62. The molecule has 0 bridgehead atoms. The normalized spacial score (nSPS) is 11.2. The molecule has 0 amide bonds. The van der Waals surface area contributed by atoms with Gasteiger partial charge in [0.1, 0.15) is 0 Å². The smallest absolute Gasteiger partial charge is 0.305 e. The minimum atomic E-state index is -0.00564. The molecule has 0 saturated heterocycles. The first kappa shape index (κ1) is 23.4. The highest BCUT2D eigenvalue weighted by Crippen LogP contribution is 2.09. The largest absolute Gasteiger partial charge is 0.466 e. The Kier molecular flexibility index (Phi) is 18.2. The zero-order chi connectivity index (χ0) is 17.9. The van der Waals surface area contributed by atoms with Crippen molar-refractivity contribution in [2.24, 2.45) is 0 Å². The van der Waals surface area contributed by atoms with Gasteiger partial charge in [-0.1, -0.05) is 58.3 Å². The maximum absolute atomic E-state index is 11.6. The second-order valence-corrected chi connectivity index (χ2v) is 7.06. The van der Waals surface area contributed by atoms with Crippen LogP contribution in [0.3, 0.4) is 0 Å². The third kappa shape index (κ3) is 19.4. The molecule has 0 heterocycles. The highest BCUT2D eigenvalue weighted by molar-refractivity contribution is 5.69. The number of ether oxygens (including phenoxy) is 1. The Morgan fingerprint density at radius 1 is 0.833 bits per heavy atom. The molecule has 0 aliphatic heterocycles. The van der Waals surface area contributed by atoms with Crippen molar-refractivity contribution in [2.45, 2.75) is 84.0 Å². The van der Waals surface area contributed by atoms with Gasteiger partial charge in [-0.25, -0.2) is 0 Å². The molecule has 0 aromatic carbocycles. The van der Waals surface area contributed by atoms with Crippen molar-refractivity contribution in [3.8, 4) is 0 Å². The van der Waals surface area contributed by atoms with E-state index in [9.17, 15) is 4.79 Å². The molecule has 0 saturated carbocycles. The van der Waals surface area contributed by atoms with Gasteiger partial charge < -0.3 is 15.0 Å². The molecule has 0 rings (SSSR count). The van der Waals surface area contributed by atoms with Crippen molar-refractivity contribution in [1.29, 1.82) is 0 Å². The van der Waals surface area contributed by atoms with Gasteiger partial charge >= 0.3 is 5.97 Å². The van der Waals surface area contributed by atoms with Crippen LogP contribution in [-0.2, 0) is 9.53 Å². The third-order valence-electron chi connectivity index (χ3n) is 4.23. The predicted molar refractivity (Wildman–Crippen MR) is 103 cm³/mol.